The van der Waals surface area contributed by atoms with Crippen molar-refractivity contribution < 1.29 is 36.9 Å². The fraction of sp³-hybridized carbons (Fsp3) is 0.381. The van der Waals surface area contributed by atoms with Crippen LogP contribution in [0.15, 0.2) is 41.3 Å². The van der Waals surface area contributed by atoms with Crippen molar-refractivity contribution in [2.75, 3.05) is 52.0 Å². The highest BCUT2D eigenvalue weighted by atomic mass is 35.5. The maximum Gasteiger partial charge on any atom is 0.340 e. The number of methoxy groups -OCH3 is 2. The highest BCUT2D eigenvalue weighted by molar-refractivity contribution is 7.92. The van der Waals surface area contributed by atoms with E-state index < -0.39 is 16.0 Å². The Bertz CT molecular complexity index is 996. The number of benzene rings is 2. The molecule has 0 amide bonds. The smallest absolute Gasteiger partial charge is 0.340 e. The summed E-state index contributed by atoms with van der Waals surface area (Å²) in [5.74, 6) is -0.267. The molecule has 0 bridgehead atoms. The first-order chi connectivity index (χ1) is 15.3. The monoisotopic (exact) mass is 487 g/mol. The zero-order valence-electron chi connectivity index (χ0n) is 18.1. The third kappa shape index (κ3) is 7.27. The van der Waals surface area contributed by atoms with Gasteiger partial charge in [-0.1, -0.05) is 11.6 Å². The summed E-state index contributed by atoms with van der Waals surface area (Å²) in [6.07, 6.45) is 0. The van der Waals surface area contributed by atoms with Crippen molar-refractivity contribution in [2.45, 2.75) is 11.8 Å². The number of ether oxygens (including phenoxy) is 5. The minimum atomic E-state index is -4.03. The molecule has 0 fully saturated rings. The SMILES string of the molecule is CCOC(=O)c1cc(OCCOC)c(OCCOC)cc1NS(=O)(=O)c1ccc(Cl)cc1. The standard InChI is InChI=1S/C21H26ClNO8S/c1-4-29-21(24)17-13-19(30-11-9-27-2)20(31-12-10-28-3)14-18(17)23-32(25,26)16-7-5-15(22)6-8-16/h5-8,13-14,23H,4,9-12H2,1-3H3. The van der Waals surface area contributed by atoms with Crippen LogP contribution in [-0.2, 0) is 24.2 Å². The van der Waals surface area contributed by atoms with Crippen molar-refractivity contribution in [3.63, 3.8) is 0 Å². The van der Waals surface area contributed by atoms with Crippen LogP contribution < -0.4 is 14.2 Å². The molecule has 2 rings (SSSR count). The van der Waals surface area contributed by atoms with Gasteiger partial charge < -0.3 is 23.7 Å². The number of hydrogen-bond acceptors (Lipinski definition) is 8. The van der Waals surface area contributed by atoms with Crippen molar-refractivity contribution >= 4 is 33.3 Å². The molecule has 0 atom stereocenters. The Labute approximate surface area is 192 Å². The third-order valence-electron chi connectivity index (χ3n) is 4.04. The van der Waals surface area contributed by atoms with Gasteiger partial charge in [0.05, 0.1) is 36.0 Å². The Morgan fingerprint density at radius 3 is 2.03 bits per heavy atom. The number of rotatable bonds is 13. The molecule has 2 aromatic carbocycles. The van der Waals surface area contributed by atoms with E-state index >= 15 is 0 Å². The highest BCUT2D eigenvalue weighted by Crippen LogP contribution is 2.35. The molecular weight excluding hydrogens is 462 g/mol. The zero-order valence-corrected chi connectivity index (χ0v) is 19.6. The van der Waals surface area contributed by atoms with E-state index in [0.29, 0.717) is 18.2 Å². The molecule has 0 aromatic heterocycles. The Morgan fingerprint density at radius 1 is 0.938 bits per heavy atom. The molecule has 9 nitrogen and oxygen atoms in total. The number of halogens is 1. The molecule has 0 spiro atoms. The van der Waals surface area contributed by atoms with Gasteiger partial charge in [-0.2, -0.15) is 0 Å². The number of carbonyl (C=O) groups is 1. The highest BCUT2D eigenvalue weighted by Gasteiger charge is 2.23. The number of hydrogen-bond donors (Lipinski definition) is 1. The molecule has 32 heavy (non-hydrogen) atoms. The average Bonchev–Trinajstić information content (AvgIpc) is 2.75. The number of esters is 1. The van der Waals surface area contributed by atoms with Crippen LogP contribution in [0.3, 0.4) is 0 Å². The molecule has 176 valence electrons. The van der Waals surface area contributed by atoms with E-state index in [1.54, 1.807) is 6.92 Å². The van der Waals surface area contributed by atoms with Crippen LogP contribution in [0.25, 0.3) is 0 Å². The number of sulfonamides is 1. The Morgan fingerprint density at radius 2 is 1.50 bits per heavy atom. The molecule has 0 aliphatic rings. The first-order valence-corrected chi connectivity index (χ1v) is 11.6. The molecule has 1 N–H and O–H groups in total. The molecule has 0 saturated carbocycles. The topological polar surface area (TPSA) is 109 Å². The maximum atomic E-state index is 12.9. The van der Waals surface area contributed by atoms with Gasteiger partial charge in [0.25, 0.3) is 10.0 Å². The van der Waals surface area contributed by atoms with Crippen LogP contribution in [0.2, 0.25) is 5.02 Å². The summed E-state index contributed by atoms with van der Waals surface area (Å²) >= 11 is 5.85. The first kappa shape index (κ1) is 25.7. The van der Waals surface area contributed by atoms with Crippen LogP contribution in [0.1, 0.15) is 17.3 Å². The van der Waals surface area contributed by atoms with Crippen molar-refractivity contribution in [3.8, 4) is 11.5 Å². The summed E-state index contributed by atoms with van der Waals surface area (Å²) in [6, 6.07) is 8.36. The fourth-order valence-corrected chi connectivity index (χ4v) is 3.73. The van der Waals surface area contributed by atoms with Crippen molar-refractivity contribution in [1.29, 1.82) is 0 Å². The summed E-state index contributed by atoms with van der Waals surface area (Å²) in [4.78, 5) is 12.5. The Balaban J connectivity index is 2.49. The minimum Gasteiger partial charge on any atom is -0.487 e. The molecule has 0 radical (unpaired) electrons. The van der Waals surface area contributed by atoms with Gasteiger partial charge in [0, 0.05) is 31.4 Å². The number of carbonyl (C=O) groups excluding carboxylic acids is 1. The third-order valence-corrected chi connectivity index (χ3v) is 5.67. The molecule has 2 aromatic rings. The van der Waals surface area contributed by atoms with Crippen LogP contribution in [-0.4, -0.2) is 61.6 Å². The lowest BCUT2D eigenvalue weighted by Crippen LogP contribution is -2.17. The van der Waals surface area contributed by atoms with Crippen LogP contribution in [0.4, 0.5) is 5.69 Å². The minimum absolute atomic E-state index is 0.0232. The van der Waals surface area contributed by atoms with E-state index in [0.717, 1.165) is 0 Å². The summed E-state index contributed by atoms with van der Waals surface area (Å²) in [7, 11) is -0.986. The van der Waals surface area contributed by atoms with Gasteiger partial charge in [-0.25, -0.2) is 13.2 Å². The van der Waals surface area contributed by atoms with Gasteiger partial charge in [0.2, 0.25) is 0 Å². The van der Waals surface area contributed by atoms with E-state index in [9.17, 15) is 13.2 Å². The molecule has 0 aliphatic heterocycles. The average molecular weight is 488 g/mol. The summed E-state index contributed by atoms with van der Waals surface area (Å²) in [6.45, 7) is 2.72. The fourth-order valence-electron chi connectivity index (χ4n) is 2.54. The number of nitrogens with one attached hydrogen (secondary N) is 1. The molecular formula is C21H26ClNO8S. The Hall–Kier alpha value is -2.53. The van der Waals surface area contributed by atoms with Gasteiger partial charge in [-0.05, 0) is 31.2 Å². The second kappa shape index (κ2) is 12.5. The van der Waals surface area contributed by atoms with E-state index in [-0.39, 0.29) is 47.5 Å². The van der Waals surface area contributed by atoms with Crippen LogP contribution in [0.5, 0.6) is 11.5 Å². The molecule has 0 aliphatic carbocycles. The Kier molecular flexibility index (Phi) is 10.0. The van der Waals surface area contributed by atoms with Gasteiger partial charge in [-0.15, -0.1) is 0 Å². The molecule has 0 unspecified atom stereocenters. The van der Waals surface area contributed by atoms with E-state index in [2.05, 4.69) is 4.72 Å². The predicted octanol–water partition coefficient (Wildman–Crippen LogP) is 3.37. The second-order valence-corrected chi connectivity index (χ2v) is 8.43. The molecule has 11 heteroatoms. The van der Waals surface area contributed by atoms with E-state index in [1.165, 1.54) is 50.6 Å². The number of anilines is 1. The zero-order chi connectivity index (χ0) is 23.6. The lowest BCUT2D eigenvalue weighted by atomic mass is 10.1. The summed E-state index contributed by atoms with van der Waals surface area (Å²) in [5.41, 5.74) is -0.0548. The summed E-state index contributed by atoms with van der Waals surface area (Å²) in [5, 5.41) is 0.391. The predicted molar refractivity (Wildman–Crippen MR) is 119 cm³/mol. The lowest BCUT2D eigenvalue weighted by Gasteiger charge is -2.18. The van der Waals surface area contributed by atoms with Gasteiger partial charge >= 0.3 is 5.97 Å². The normalized spacial score (nSPS) is 11.1. The van der Waals surface area contributed by atoms with E-state index in [4.69, 9.17) is 35.3 Å². The molecule has 0 heterocycles. The van der Waals surface area contributed by atoms with Crippen LogP contribution >= 0.6 is 11.6 Å². The van der Waals surface area contributed by atoms with Crippen molar-refractivity contribution in [3.05, 3.63) is 47.0 Å². The first-order valence-electron chi connectivity index (χ1n) is 9.69. The van der Waals surface area contributed by atoms with Gasteiger partial charge in [0.15, 0.2) is 11.5 Å². The quantitative estimate of drug-likeness (QED) is 0.338. The van der Waals surface area contributed by atoms with Crippen molar-refractivity contribution in [2.24, 2.45) is 0 Å². The van der Waals surface area contributed by atoms with Crippen molar-refractivity contribution in [1.82, 2.24) is 0 Å². The second-order valence-electron chi connectivity index (χ2n) is 6.31. The largest absolute Gasteiger partial charge is 0.487 e. The van der Waals surface area contributed by atoms with Crippen LogP contribution in [0, 0.1) is 0 Å². The molecule has 0 saturated heterocycles. The van der Waals surface area contributed by atoms with Gasteiger partial charge in [-0.3, -0.25) is 4.72 Å². The van der Waals surface area contributed by atoms with E-state index in [1.807, 2.05) is 0 Å². The lowest BCUT2D eigenvalue weighted by molar-refractivity contribution is 0.0527. The maximum absolute atomic E-state index is 12.9. The summed E-state index contributed by atoms with van der Waals surface area (Å²) < 4.78 is 54.6. The van der Waals surface area contributed by atoms with Gasteiger partial charge in [0.1, 0.15) is 13.2 Å².